The molecule has 2 aliphatic heterocycles. The Kier molecular flexibility index (Phi) is 14.7. The molecule has 6 rings (SSSR count). The molecule has 4 aromatic heterocycles. The molecule has 0 amide bonds. The molecule has 328 valence electrons. The Morgan fingerprint density at radius 3 is 2.07 bits per heavy atom. The predicted molar refractivity (Wildman–Crippen MR) is 213 cm³/mol. The molecule has 0 aromatic carbocycles. The van der Waals surface area contributed by atoms with Crippen molar-refractivity contribution in [1.82, 2.24) is 39.1 Å². The quantitative estimate of drug-likeness (QED) is 0.0566. The van der Waals surface area contributed by atoms with Crippen LogP contribution in [0.25, 0.3) is 22.3 Å². The van der Waals surface area contributed by atoms with Gasteiger partial charge in [-0.3, -0.25) is 18.5 Å². The highest BCUT2D eigenvalue weighted by Gasteiger charge is 2.55. The van der Waals surface area contributed by atoms with Crippen molar-refractivity contribution in [2.75, 3.05) is 50.3 Å². The van der Waals surface area contributed by atoms with Gasteiger partial charge in [-0.2, -0.15) is 9.97 Å². The van der Waals surface area contributed by atoms with Gasteiger partial charge in [-0.05, 0) is 41.5 Å². The maximum atomic E-state index is 13.3. The summed E-state index contributed by atoms with van der Waals surface area (Å²) >= 11 is 0.997. The molecular weight excluding hydrogens is 819 g/mol. The monoisotopic (exact) mass is 872 g/mol. The van der Waals surface area contributed by atoms with E-state index in [1.807, 2.05) is 6.92 Å². The SMILES string of the molecule is CCOC(=O)[C@H](C)NP(=O)(OC[C@H]1O[C@@H](n2cnc3c(OCC)cc(N)nc32)[C@](C)(O)[C@@H]1O)SCC.CCOc1nc(N)nc2c1ncn2[C@@H]1O[C@H](CO)[C@@H](O)[C@@]1(C)O. The number of pyridine rings is 1. The van der Waals surface area contributed by atoms with Crippen molar-refractivity contribution in [3.8, 4) is 11.6 Å². The lowest BCUT2D eigenvalue weighted by Gasteiger charge is -2.27. The second-order valence-electron chi connectivity index (χ2n) is 13.8. The lowest BCUT2D eigenvalue weighted by molar-refractivity contribution is -0.144. The van der Waals surface area contributed by atoms with Gasteiger partial charge in [0.1, 0.15) is 53.0 Å². The third kappa shape index (κ3) is 9.52. The fraction of sp³-hybridized carbons (Fsp3) is 0.647. The number of imidazole rings is 2. The Morgan fingerprint density at radius 1 is 0.932 bits per heavy atom. The minimum atomic E-state index is -3.59. The summed E-state index contributed by atoms with van der Waals surface area (Å²) < 4.78 is 49.4. The number of aliphatic hydroxyl groups excluding tert-OH is 3. The third-order valence-corrected chi connectivity index (χ3v) is 13.6. The van der Waals surface area contributed by atoms with Gasteiger partial charge < -0.3 is 65.2 Å². The van der Waals surface area contributed by atoms with E-state index in [1.165, 1.54) is 42.6 Å². The molecular formula is C34H53N10O13PS. The van der Waals surface area contributed by atoms with Crippen LogP contribution in [0.15, 0.2) is 18.7 Å². The van der Waals surface area contributed by atoms with Crippen molar-refractivity contribution in [2.45, 2.75) is 103 Å². The van der Waals surface area contributed by atoms with Crippen LogP contribution in [0.4, 0.5) is 11.8 Å². The lowest BCUT2D eigenvalue weighted by atomic mass is 9.96. The number of nitrogens with two attached hydrogens (primary N) is 2. The molecule has 4 aromatic rings. The summed E-state index contributed by atoms with van der Waals surface area (Å²) in [5.74, 6) is 0.694. The van der Waals surface area contributed by atoms with Crippen LogP contribution in [0.1, 0.15) is 60.9 Å². The molecule has 25 heteroatoms. The van der Waals surface area contributed by atoms with Crippen molar-refractivity contribution < 1.29 is 63.1 Å². The summed E-state index contributed by atoms with van der Waals surface area (Å²) in [6, 6.07) is 0.670. The number of ether oxygens (including phenoxy) is 5. The number of hydrogen-bond donors (Lipinski definition) is 8. The van der Waals surface area contributed by atoms with Gasteiger partial charge in [0.05, 0.1) is 45.7 Å². The van der Waals surface area contributed by atoms with E-state index in [2.05, 4.69) is 30.0 Å². The number of carbonyl (C=O) groups excluding carboxylic acids is 1. The average molecular weight is 873 g/mol. The summed E-state index contributed by atoms with van der Waals surface area (Å²) in [4.78, 5) is 32.9. The van der Waals surface area contributed by atoms with E-state index in [0.717, 1.165) is 11.4 Å². The van der Waals surface area contributed by atoms with Gasteiger partial charge in [-0.1, -0.05) is 18.3 Å². The number of aliphatic hydroxyl groups is 5. The van der Waals surface area contributed by atoms with E-state index in [4.69, 9.17) is 39.7 Å². The third-order valence-electron chi connectivity index (χ3n) is 9.40. The van der Waals surface area contributed by atoms with Gasteiger partial charge in [0, 0.05) is 11.8 Å². The largest absolute Gasteiger partial charge is 0.491 e. The highest BCUT2D eigenvalue weighted by atomic mass is 32.7. The number of carbonyl (C=O) groups is 1. The van der Waals surface area contributed by atoms with E-state index >= 15 is 0 Å². The molecule has 2 fully saturated rings. The Bertz CT molecular complexity index is 2120. The van der Waals surface area contributed by atoms with Crippen LogP contribution in [-0.4, -0.2) is 146 Å². The van der Waals surface area contributed by atoms with E-state index < -0.39 is 73.4 Å². The molecule has 2 aliphatic rings. The van der Waals surface area contributed by atoms with Crippen LogP contribution >= 0.6 is 18.1 Å². The molecule has 0 radical (unpaired) electrons. The number of aromatic nitrogens is 7. The molecule has 0 spiro atoms. The van der Waals surface area contributed by atoms with Crippen LogP contribution in [0.5, 0.6) is 11.6 Å². The van der Waals surface area contributed by atoms with Gasteiger partial charge in [0.25, 0.3) is 0 Å². The van der Waals surface area contributed by atoms with Crippen molar-refractivity contribution in [2.24, 2.45) is 0 Å². The second-order valence-corrected chi connectivity index (χ2v) is 18.4. The number of rotatable bonds is 16. The highest BCUT2D eigenvalue weighted by molar-refractivity contribution is 8.56. The zero-order valence-electron chi connectivity index (χ0n) is 33.7. The average Bonchev–Trinajstić information content (AvgIpc) is 3.90. The number of esters is 1. The van der Waals surface area contributed by atoms with Gasteiger partial charge in [-0.15, -0.1) is 0 Å². The van der Waals surface area contributed by atoms with Gasteiger partial charge in [0.15, 0.2) is 35.0 Å². The standard InChI is InChI=1S/C21H34N5O8PS.C13H19N5O5/c1-6-31-13-9-15(22)24-18-16(13)23-11-26(18)20-21(5,29)17(27)14(34-20)10-33-35(30,36-8-3)25-12(4)19(28)32-7-2;1-3-22-10-7-9(16-12(14)17-10)18(5-15-7)11-13(2,21)8(20)6(4-19)23-11/h9,11-12,14,17,20,27,29H,6-8,10H2,1-5H3,(H2,22,24)(H,25,30);5-6,8,11,19-21H,3-4H2,1-2H3,(H2,14,16,17)/t12-,14+,17+,20+,21+,35?;6-,8-,11-,13-/m01/s1. The number of nitrogen functional groups attached to an aromatic ring is 2. The molecule has 23 nitrogen and oxygen atoms in total. The molecule has 0 saturated carbocycles. The summed E-state index contributed by atoms with van der Waals surface area (Å²) in [5, 5.41) is 54.6. The maximum absolute atomic E-state index is 13.3. The van der Waals surface area contributed by atoms with E-state index in [9.17, 15) is 34.9 Å². The van der Waals surface area contributed by atoms with Crippen molar-refractivity contribution >= 4 is 58.2 Å². The van der Waals surface area contributed by atoms with Crippen molar-refractivity contribution in [3.05, 3.63) is 18.7 Å². The first-order chi connectivity index (χ1) is 27.9. The smallest absolute Gasteiger partial charge is 0.327 e. The van der Waals surface area contributed by atoms with Crippen LogP contribution < -0.4 is 26.0 Å². The van der Waals surface area contributed by atoms with E-state index in [-0.39, 0.29) is 30.9 Å². The summed E-state index contributed by atoms with van der Waals surface area (Å²) in [5.41, 5.74) is 9.58. The topological polar surface area (TPSA) is 329 Å². The maximum Gasteiger partial charge on any atom is 0.327 e. The first-order valence-corrected chi connectivity index (χ1v) is 22.0. The van der Waals surface area contributed by atoms with E-state index in [1.54, 1.807) is 26.8 Å². The Labute approximate surface area is 343 Å². The lowest BCUT2D eigenvalue weighted by Crippen LogP contribution is -2.44. The van der Waals surface area contributed by atoms with Crippen molar-refractivity contribution in [1.29, 1.82) is 0 Å². The molecule has 59 heavy (non-hydrogen) atoms. The normalized spacial score (nSPS) is 28.3. The number of nitrogens with one attached hydrogen (secondary N) is 1. The first-order valence-electron chi connectivity index (χ1n) is 18.8. The van der Waals surface area contributed by atoms with Crippen LogP contribution in [0.2, 0.25) is 0 Å². The molecule has 2 saturated heterocycles. The molecule has 0 bridgehead atoms. The predicted octanol–water partition coefficient (Wildman–Crippen LogP) is 0.649. The zero-order chi connectivity index (χ0) is 43.4. The van der Waals surface area contributed by atoms with Crippen LogP contribution in [0, 0.1) is 0 Å². The molecule has 1 unspecified atom stereocenters. The Balaban J connectivity index is 0.000000246. The first kappa shape index (κ1) is 46.1. The van der Waals surface area contributed by atoms with Crippen LogP contribution in [0.3, 0.4) is 0 Å². The summed E-state index contributed by atoms with van der Waals surface area (Å²) in [7, 11) is 0. The Morgan fingerprint density at radius 2 is 1.51 bits per heavy atom. The molecule has 0 aliphatic carbocycles. The van der Waals surface area contributed by atoms with Crippen LogP contribution in [-0.2, 0) is 28.1 Å². The van der Waals surface area contributed by atoms with Gasteiger partial charge >= 0.3 is 12.7 Å². The fourth-order valence-corrected chi connectivity index (χ4v) is 10.1. The highest BCUT2D eigenvalue weighted by Crippen LogP contribution is 2.57. The van der Waals surface area contributed by atoms with Gasteiger partial charge in [-0.25, -0.2) is 20.0 Å². The number of hydrogen-bond acceptors (Lipinski definition) is 21. The van der Waals surface area contributed by atoms with E-state index in [0.29, 0.717) is 47.0 Å². The second kappa shape index (κ2) is 18.8. The summed E-state index contributed by atoms with van der Waals surface area (Å²) in [6.45, 7) is 8.04. The number of nitrogens with zero attached hydrogens (tertiary/aromatic N) is 7. The minimum Gasteiger partial charge on any atom is -0.491 e. The van der Waals surface area contributed by atoms with Crippen molar-refractivity contribution in [3.63, 3.8) is 0 Å². The fourth-order valence-electron chi connectivity index (χ4n) is 6.53. The summed E-state index contributed by atoms with van der Waals surface area (Å²) in [6.07, 6.45) is -3.95. The Hall–Kier alpha value is -3.94. The van der Waals surface area contributed by atoms with Gasteiger partial charge in [0.2, 0.25) is 11.8 Å². The molecule has 10 N–H and O–H groups in total. The number of fused-ring (bicyclic) bond motifs is 2. The zero-order valence-corrected chi connectivity index (χ0v) is 35.4. The minimum absolute atomic E-state index is 0.0143. The molecule has 10 atom stereocenters. The molecule has 6 heterocycles. The number of anilines is 2.